The molecule has 2 atom stereocenters. The zero-order valence-corrected chi connectivity index (χ0v) is 27.6. The number of aromatic carboxylic acids is 1. The lowest BCUT2D eigenvalue weighted by atomic mass is 10.1. The fourth-order valence-corrected chi connectivity index (χ4v) is 4.71. The number of ether oxygens (including phenoxy) is 2. The molecule has 51 heavy (non-hydrogen) atoms. The normalized spacial score (nSPS) is 15.8. The van der Waals surface area contributed by atoms with E-state index in [4.69, 9.17) is 20.3 Å². The summed E-state index contributed by atoms with van der Waals surface area (Å²) in [5.74, 6) is 7.86. The van der Waals surface area contributed by atoms with Gasteiger partial charge in [0.25, 0.3) is 5.91 Å². The standard InChI is InChI=1S/C20H17F2NO2.C15H8F2O2.C5H11NO/c21-18-8-7-16(19(22)11-18)4-1-14-2-5-17(6-3-14)20(24)23-12-15-9-10-25-13-15;16-13-8-7-11(14(17)9-13)4-1-10-2-5-12(6-3-10)15(18)19;6-3-5-1-2-7-4-5/h2-3,5-8,11,15H,9-10,12-13H2,(H,23,24);2-3,5-9H,(H,18,19);5H,1-4,6H2/t15-;;5-/m1.1/s1. The highest BCUT2D eigenvalue weighted by Gasteiger charge is 2.17. The average Bonchev–Trinajstić information content (AvgIpc) is 3.86. The predicted molar refractivity (Wildman–Crippen MR) is 184 cm³/mol. The summed E-state index contributed by atoms with van der Waals surface area (Å²) in [5.41, 5.74) is 7.45. The molecule has 2 fully saturated rings. The number of hydrogen-bond acceptors (Lipinski definition) is 5. The van der Waals surface area contributed by atoms with Gasteiger partial charge in [-0.1, -0.05) is 23.7 Å². The van der Waals surface area contributed by atoms with Crippen LogP contribution in [0.5, 0.6) is 0 Å². The smallest absolute Gasteiger partial charge is 0.335 e. The highest BCUT2D eigenvalue weighted by atomic mass is 19.1. The number of nitrogens with one attached hydrogen (secondary N) is 1. The summed E-state index contributed by atoms with van der Waals surface area (Å²) in [7, 11) is 0. The third kappa shape index (κ3) is 12.7. The van der Waals surface area contributed by atoms with Crippen LogP contribution in [0.2, 0.25) is 0 Å². The van der Waals surface area contributed by atoms with Crippen LogP contribution in [0.15, 0.2) is 84.9 Å². The van der Waals surface area contributed by atoms with Gasteiger partial charge < -0.3 is 25.6 Å². The van der Waals surface area contributed by atoms with Crippen LogP contribution in [0.4, 0.5) is 17.6 Å². The number of rotatable bonds is 5. The minimum Gasteiger partial charge on any atom is -0.478 e. The Balaban J connectivity index is 0.000000197. The lowest BCUT2D eigenvalue weighted by molar-refractivity contribution is 0.0696. The Hall–Kier alpha value is -5.46. The van der Waals surface area contributed by atoms with E-state index in [1.807, 2.05) is 0 Å². The van der Waals surface area contributed by atoms with E-state index in [9.17, 15) is 27.2 Å². The number of benzene rings is 4. The van der Waals surface area contributed by atoms with Crippen LogP contribution in [-0.2, 0) is 9.47 Å². The van der Waals surface area contributed by atoms with Crippen molar-refractivity contribution in [3.05, 3.63) is 142 Å². The Bertz CT molecular complexity index is 1900. The molecule has 4 aromatic rings. The molecule has 2 aliphatic rings. The van der Waals surface area contributed by atoms with Crippen molar-refractivity contribution in [2.75, 3.05) is 39.5 Å². The first-order chi connectivity index (χ1) is 24.6. The van der Waals surface area contributed by atoms with Crippen molar-refractivity contribution in [3.8, 4) is 23.7 Å². The molecular formula is C40H36F4N2O5. The van der Waals surface area contributed by atoms with Gasteiger partial charge in [-0.15, -0.1) is 0 Å². The summed E-state index contributed by atoms with van der Waals surface area (Å²) < 4.78 is 62.7. The van der Waals surface area contributed by atoms with Crippen molar-refractivity contribution in [2.45, 2.75) is 12.8 Å². The number of carbonyl (C=O) groups excluding carboxylic acids is 1. The molecule has 0 saturated carbocycles. The molecule has 11 heteroatoms. The van der Waals surface area contributed by atoms with E-state index in [0.29, 0.717) is 41.7 Å². The zero-order chi connectivity index (χ0) is 36.6. The number of carbonyl (C=O) groups is 2. The molecule has 2 aliphatic heterocycles. The van der Waals surface area contributed by atoms with Crippen LogP contribution in [0.25, 0.3) is 0 Å². The van der Waals surface area contributed by atoms with Crippen LogP contribution in [0, 0.1) is 58.8 Å². The largest absolute Gasteiger partial charge is 0.478 e. The molecule has 0 spiro atoms. The van der Waals surface area contributed by atoms with Gasteiger partial charge in [-0.2, -0.15) is 0 Å². The maximum Gasteiger partial charge on any atom is 0.335 e. The van der Waals surface area contributed by atoms with Crippen molar-refractivity contribution < 1.29 is 41.7 Å². The summed E-state index contributed by atoms with van der Waals surface area (Å²) in [6, 6.07) is 19.0. The van der Waals surface area contributed by atoms with Crippen molar-refractivity contribution >= 4 is 11.9 Å². The van der Waals surface area contributed by atoms with Gasteiger partial charge in [0, 0.05) is 54.5 Å². The fourth-order valence-electron chi connectivity index (χ4n) is 4.71. The molecule has 7 nitrogen and oxygen atoms in total. The molecule has 4 aromatic carbocycles. The van der Waals surface area contributed by atoms with Crippen LogP contribution in [0.3, 0.4) is 0 Å². The number of hydrogen-bond donors (Lipinski definition) is 3. The maximum atomic E-state index is 13.5. The van der Waals surface area contributed by atoms with E-state index in [1.54, 1.807) is 24.3 Å². The van der Waals surface area contributed by atoms with Crippen molar-refractivity contribution in [1.29, 1.82) is 0 Å². The number of carboxylic acids is 1. The van der Waals surface area contributed by atoms with Gasteiger partial charge in [0.05, 0.1) is 29.9 Å². The van der Waals surface area contributed by atoms with Gasteiger partial charge in [0.1, 0.15) is 23.3 Å². The lowest BCUT2D eigenvalue weighted by Crippen LogP contribution is -2.29. The van der Waals surface area contributed by atoms with Crippen LogP contribution < -0.4 is 11.1 Å². The van der Waals surface area contributed by atoms with E-state index < -0.39 is 29.2 Å². The summed E-state index contributed by atoms with van der Waals surface area (Å²) >= 11 is 0. The number of amides is 1. The third-order valence-electron chi connectivity index (χ3n) is 7.76. The molecule has 2 heterocycles. The average molecular weight is 701 g/mol. The molecule has 264 valence electrons. The predicted octanol–water partition coefficient (Wildman–Crippen LogP) is 6.18. The molecule has 0 bridgehead atoms. The molecule has 0 radical (unpaired) electrons. The van der Waals surface area contributed by atoms with Gasteiger partial charge in [0.2, 0.25) is 0 Å². The minimum atomic E-state index is -1.02. The van der Waals surface area contributed by atoms with Crippen molar-refractivity contribution in [1.82, 2.24) is 5.32 Å². The lowest BCUT2D eigenvalue weighted by Gasteiger charge is -2.09. The molecule has 2 saturated heterocycles. The Morgan fingerprint density at radius 1 is 0.686 bits per heavy atom. The number of nitrogens with two attached hydrogens (primary N) is 1. The summed E-state index contributed by atoms with van der Waals surface area (Å²) in [4.78, 5) is 22.7. The first kappa shape index (κ1) is 38.3. The van der Waals surface area contributed by atoms with E-state index in [1.165, 1.54) is 36.4 Å². The Morgan fingerprint density at radius 3 is 1.55 bits per heavy atom. The van der Waals surface area contributed by atoms with E-state index in [2.05, 4.69) is 29.0 Å². The van der Waals surface area contributed by atoms with Gasteiger partial charge in [-0.3, -0.25) is 4.79 Å². The Labute approximate surface area is 293 Å². The summed E-state index contributed by atoms with van der Waals surface area (Å²) in [6.45, 7) is 4.64. The first-order valence-corrected chi connectivity index (χ1v) is 16.1. The van der Waals surface area contributed by atoms with Gasteiger partial charge >= 0.3 is 5.97 Å². The summed E-state index contributed by atoms with van der Waals surface area (Å²) in [6.07, 6.45) is 2.13. The van der Waals surface area contributed by atoms with Gasteiger partial charge in [-0.25, -0.2) is 22.4 Å². The highest BCUT2D eigenvalue weighted by Crippen LogP contribution is 2.13. The first-order valence-electron chi connectivity index (χ1n) is 16.1. The van der Waals surface area contributed by atoms with Crippen LogP contribution in [0.1, 0.15) is 55.8 Å². The van der Waals surface area contributed by atoms with Crippen molar-refractivity contribution in [3.63, 3.8) is 0 Å². The van der Waals surface area contributed by atoms with E-state index in [0.717, 1.165) is 63.5 Å². The molecule has 6 rings (SSSR count). The fraction of sp³-hybridized carbons (Fsp3) is 0.250. The van der Waals surface area contributed by atoms with Gasteiger partial charge in [-0.05, 0) is 98.1 Å². The molecular weight excluding hydrogens is 664 g/mol. The summed E-state index contributed by atoms with van der Waals surface area (Å²) in [5, 5.41) is 11.6. The quantitative estimate of drug-likeness (QED) is 0.170. The zero-order valence-electron chi connectivity index (χ0n) is 27.6. The second kappa shape index (κ2) is 19.7. The monoisotopic (exact) mass is 700 g/mol. The second-order valence-corrected chi connectivity index (χ2v) is 11.6. The number of carboxylic acid groups (broad SMARTS) is 1. The van der Waals surface area contributed by atoms with E-state index in [-0.39, 0.29) is 22.6 Å². The SMILES string of the molecule is NC[C@H]1CCOC1.O=C(NC[C@H]1CCOC1)c1ccc(C#Cc2ccc(F)cc2F)cc1.O=C(O)c1ccc(C#Cc2ccc(F)cc2F)cc1. The van der Waals surface area contributed by atoms with E-state index >= 15 is 0 Å². The molecule has 1 amide bonds. The molecule has 0 aliphatic carbocycles. The van der Waals surface area contributed by atoms with Crippen LogP contribution in [-0.4, -0.2) is 56.5 Å². The Morgan fingerprint density at radius 2 is 1.16 bits per heavy atom. The third-order valence-corrected chi connectivity index (χ3v) is 7.76. The minimum absolute atomic E-state index is 0.0868. The van der Waals surface area contributed by atoms with Crippen LogP contribution >= 0.6 is 0 Å². The van der Waals surface area contributed by atoms with Crippen molar-refractivity contribution in [2.24, 2.45) is 17.6 Å². The molecule has 0 aromatic heterocycles. The Kier molecular flexibility index (Phi) is 14.8. The molecule has 4 N–H and O–H groups in total. The highest BCUT2D eigenvalue weighted by molar-refractivity contribution is 5.94. The number of halogens is 4. The second-order valence-electron chi connectivity index (χ2n) is 11.6. The van der Waals surface area contributed by atoms with Gasteiger partial charge in [0.15, 0.2) is 0 Å². The molecule has 0 unspecified atom stereocenters. The maximum absolute atomic E-state index is 13.5. The topological polar surface area (TPSA) is 111 Å².